The number of thiazole rings is 1. The number of hydrogen-bond donors (Lipinski definition) is 1. The molecule has 0 unspecified atom stereocenters. The molecule has 0 atom stereocenters. The fraction of sp³-hybridized carbons (Fsp3) is 0.381. The number of nitrogens with one attached hydrogen (secondary N) is 1. The molecule has 2 aliphatic heterocycles. The number of likely N-dealkylation sites (tertiary alicyclic amines) is 1. The molecular weight excluding hydrogens is 402 g/mol. The van der Waals surface area contributed by atoms with E-state index in [-0.39, 0.29) is 12.7 Å². The van der Waals surface area contributed by atoms with Gasteiger partial charge in [0.1, 0.15) is 0 Å². The van der Waals surface area contributed by atoms with Gasteiger partial charge in [0.25, 0.3) is 5.91 Å². The molecule has 0 spiro atoms. The van der Waals surface area contributed by atoms with E-state index in [2.05, 4.69) is 20.3 Å². The van der Waals surface area contributed by atoms with E-state index >= 15 is 0 Å². The molecule has 0 radical (unpaired) electrons. The largest absolute Gasteiger partial charge is 0.454 e. The summed E-state index contributed by atoms with van der Waals surface area (Å²) in [5.74, 6) is 1.24. The molecule has 9 heteroatoms. The van der Waals surface area contributed by atoms with Crippen LogP contribution in [0.5, 0.6) is 11.5 Å². The highest BCUT2D eigenvalue weighted by atomic mass is 32.1. The van der Waals surface area contributed by atoms with Gasteiger partial charge in [-0.1, -0.05) is 6.42 Å². The molecule has 1 N–H and O–H groups in total. The lowest BCUT2D eigenvalue weighted by Crippen LogP contribution is -2.32. The Hall–Kier alpha value is -2.91. The predicted octanol–water partition coefficient (Wildman–Crippen LogP) is 3.47. The van der Waals surface area contributed by atoms with Gasteiger partial charge in [0.05, 0.1) is 24.0 Å². The summed E-state index contributed by atoms with van der Waals surface area (Å²) in [7, 11) is 0. The molecule has 1 saturated heterocycles. The maximum absolute atomic E-state index is 12.6. The molecule has 4 heterocycles. The van der Waals surface area contributed by atoms with Crippen LogP contribution < -0.4 is 14.8 Å². The van der Waals surface area contributed by atoms with Gasteiger partial charge in [0.2, 0.25) is 6.79 Å². The van der Waals surface area contributed by atoms with Gasteiger partial charge >= 0.3 is 0 Å². The highest BCUT2D eigenvalue weighted by Crippen LogP contribution is 2.36. The van der Waals surface area contributed by atoms with E-state index < -0.39 is 0 Å². The minimum Gasteiger partial charge on any atom is -0.454 e. The van der Waals surface area contributed by atoms with Crippen LogP contribution in [0.15, 0.2) is 36.0 Å². The minimum atomic E-state index is -0.203. The van der Waals surface area contributed by atoms with Gasteiger partial charge in [-0.15, -0.1) is 11.3 Å². The Kier molecular flexibility index (Phi) is 5.37. The molecule has 156 valence electrons. The molecule has 0 bridgehead atoms. The van der Waals surface area contributed by atoms with Crippen molar-refractivity contribution >= 4 is 22.4 Å². The first-order chi connectivity index (χ1) is 14.7. The molecule has 0 saturated carbocycles. The molecule has 2 aliphatic rings. The van der Waals surface area contributed by atoms with Crippen LogP contribution in [0.3, 0.4) is 0 Å². The lowest BCUT2D eigenvalue weighted by molar-refractivity contribution is 0.102. The predicted molar refractivity (Wildman–Crippen MR) is 114 cm³/mol. The third-order valence-corrected chi connectivity index (χ3v) is 6.14. The number of hydrogen-bond acceptors (Lipinski definition) is 7. The first-order valence-corrected chi connectivity index (χ1v) is 11.0. The van der Waals surface area contributed by atoms with Gasteiger partial charge in [0, 0.05) is 23.7 Å². The Labute approximate surface area is 178 Å². The Morgan fingerprint density at radius 2 is 2.00 bits per heavy atom. The second-order valence-electron chi connectivity index (χ2n) is 7.45. The van der Waals surface area contributed by atoms with E-state index in [9.17, 15) is 4.79 Å². The summed E-state index contributed by atoms with van der Waals surface area (Å²) in [5, 5.41) is 9.67. The maximum atomic E-state index is 12.6. The molecule has 30 heavy (non-hydrogen) atoms. The van der Waals surface area contributed by atoms with Crippen LogP contribution in [0.2, 0.25) is 0 Å². The van der Waals surface area contributed by atoms with Gasteiger partial charge < -0.3 is 14.4 Å². The minimum absolute atomic E-state index is 0.203. The lowest BCUT2D eigenvalue weighted by atomic mass is 10.1. The van der Waals surface area contributed by atoms with Crippen molar-refractivity contribution < 1.29 is 14.3 Å². The average molecular weight is 426 g/mol. The standard InChI is InChI=1S/C21H23N5O3S/c27-20(16-11-22-26(12-16)9-8-25-6-2-1-3-7-25)24-21-23-17(13-30-21)15-4-5-18-19(10-15)29-14-28-18/h4-5,10-13H,1-3,6-9,14H2,(H,23,24,27). The number of amides is 1. The molecule has 5 rings (SSSR count). The van der Waals surface area contributed by atoms with Crippen molar-refractivity contribution in [2.75, 3.05) is 31.7 Å². The van der Waals surface area contributed by atoms with Crippen molar-refractivity contribution in [3.63, 3.8) is 0 Å². The number of aromatic nitrogens is 3. The second kappa shape index (κ2) is 8.45. The summed E-state index contributed by atoms with van der Waals surface area (Å²) < 4.78 is 12.6. The fourth-order valence-electron chi connectivity index (χ4n) is 3.72. The van der Waals surface area contributed by atoms with E-state index in [1.54, 1.807) is 12.4 Å². The van der Waals surface area contributed by atoms with Gasteiger partial charge in [-0.3, -0.25) is 14.8 Å². The molecule has 2 aromatic heterocycles. The average Bonchev–Trinajstić information content (AvgIpc) is 3.53. The van der Waals surface area contributed by atoms with Gasteiger partial charge in [-0.2, -0.15) is 5.10 Å². The van der Waals surface area contributed by atoms with E-state index in [1.165, 1.54) is 30.6 Å². The van der Waals surface area contributed by atoms with E-state index in [1.807, 2.05) is 28.3 Å². The van der Waals surface area contributed by atoms with Crippen LogP contribution in [0, 0.1) is 0 Å². The van der Waals surface area contributed by atoms with Crippen LogP contribution in [0.4, 0.5) is 5.13 Å². The smallest absolute Gasteiger partial charge is 0.260 e. The zero-order valence-corrected chi connectivity index (χ0v) is 17.4. The summed E-state index contributed by atoms with van der Waals surface area (Å²) in [4.78, 5) is 19.6. The van der Waals surface area contributed by atoms with Gasteiger partial charge in [0.15, 0.2) is 16.6 Å². The summed E-state index contributed by atoms with van der Waals surface area (Å²) >= 11 is 1.39. The summed E-state index contributed by atoms with van der Waals surface area (Å²) in [5.41, 5.74) is 2.24. The number of carbonyl (C=O) groups is 1. The van der Waals surface area contributed by atoms with E-state index in [4.69, 9.17) is 9.47 Å². The Bertz CT molecular complexity index is 1040. The van der Waals surface area contributed by atoms with E-state index in [0.717, 1.165) is 43.2 Å². The molecule has 1 amide bonds. The second-order valence-corrected chi connectivity index (χ2v) is 8.31. The maximum Gasteiger partial charge on any atom is 0.260 e. The molecule has 3 aromatic rings. The van der Waals surface area contributed by atoms with Crippen molar-refractivity contribution in [3.05, 3.63) is 41.5 Å². The first-order valence-electron chi connectivity index (χ1n) is 10.2. The topological polar surface area (TPSA) is 81.5 Å². The summed E-state index contributed by atoms with van der Waals surface area (Å²) in [6.07, 6.45) is 7.28. The highest BCUT2D eigenvalue weighted by Gasteiger charge is 2.16. The highest BCUT2D eigenvalue weighted by molar-refractivity contribution is 7.14. The third-order valence-electron chi connectivity index (χ3n) is 5.38. The third kappa shape index (κ3) is 4.17. The van der Waals surface area contributed by atoms with Crippen molar-refractivity contribution in [3.8, 4) is 22.8 Å². The SMILES string of the molecule is O=C(Nc1nc(-c2ccc3c(c2)OCO3)cs1)c1cnn(CCN2CCCCC2)c1. The number of nitrogens with zero attached hydrogens (tertiary/aromatic N) is 4. The number of carbonyl (C=O) groups excluding carboxylic acids is 1. The van der Waals surface area contributed by atoms with Crippen LogP contribution in [-0.4, -0.2) is 52.0 Å². The normalized spacial score (nSPS) is 16.0. The molecule has 0 aliphatic carbocycles. The number of fused-ring (bicyclic) bond motifs is 1. The fourth-order valence-corrected chi connectivity index (χ4v) is 4.43. The quantitative estimate of drug-likeness (QED) is 0.651. The first kappa shape index (κ1) is 19.1. The van der Waals surface area contributed by atoms with Crippen LogP contribution in [-0.2, 0) is 6.54 Å². The molecule has 1 fully saturated rings. The number of benzene rings is 1. The number of anilines is 1. The zero-order chi connectivity index (χ0) is 20.3. The van der Waals surface area contributed by atoms with Crippen molar-refractivity contribution in [1.82, 2.24) is 19.7 Å². The van der Waals surface area contributed by atoms with Crippen molar-refractivity contribution in [1.29, 1.82) is 0 Å². The van der Waals surface area contributed by atoms with Crippen molar-refractivity contribution in [2.24, 2.45) is 0 Å². The van der Waals surface area contributed by atoms with Crippen LogP contribution in [0.25, 0.3) is 11.3 Å². The number of ether oxygens (including phenoxy) is 2. The van der Waals surface area contributed by atoms with Gasteiger partial charge in [-0.25, -0.2) is 4.98 Å². The van der Waals surface area contributed by atoms with Crippen LogP contribution in [0.1, 0.15) is 29.6 Å². The van der Waals surface area contributed by atoms with Gasteiger partial charge in [-0.05, 0) is 44.1 Å². The van der Waals surface area contributed by atoms with E-state index in [0.29, 0.717) is 16.4 Å². The lowest BCUT2D eigenvalue weighted by Gasteiger charge is -2.26. The summed E-state index contributed by atoms with van der Waals surface area (Å²) in [6, 6.07) is 5.70. The zero-order valence-electron chi connectivity index (χ0n) is 16.5. The summed E-state index contributed by atoms with van der Waals surface area (Å²) in [6.45, 7) is 4.31. The molecule has 8 nitrogen and oxygen atoms in total. The van der Waals surface area contributed by atoms with Crippen molar-refractivity contribution in [2.45, 2.75) is 25.8 Å². The molecular formula is C21H23N5O3S. The monoisotopic (exact) mass is 425 g/mol. The van der Waals surface area contributed by atoms with Crippen LogP contribution >= 0.6 is 11.3 Å². The number of piperidine rings is 1. The Balaban J connectivity index is 1.19. The Morgan fingerprint density at radius 1 is 1.13 bits per heavy atom. The number of rotatable bonds is 6. The molecule has 1 aromatic carbocycles. The Morgan fingerprint density at radius 3 is 2.90 bits per heavy atom.